The number of amides is 1. The second kappa shape index (κ2) is 11.3. The van der Waals surface area contributed by atoms with Crippen molar-refractivity contribution in [1.29, 1.82) is 0 Å². The lowest BCUT2D eigenvalue weighted by atomic mass is 10.0. The Bertz CT molecular complexity index is 1890. The Morgan fingerprint density at radius 1 is 1.19 bits per heavy atom. The minimum Gasteiger partial charge on any atom is -0.350 e. The number of piperazine rings is 1. The van der Waals surface area contributed by atoms with Crippen LogP contribution in [0.2, 0.25) is 0 Å². The highest BCUT2D eigenvalue weighted by Gasteiger charge is 2.31. The number of anilines is 1. The molecule has 1 aliphatic rings. The van der Waals surface area contributed by atoms with Gasteiger partial charge >= 0.3 is 5.69 Å². The SMILES string of the molecule is [2H]C([2H])=Cc1cccc(F)c1-c1nc2c(cc1F)c(N1CCN(C(=O)C=C)C[C@@H]1C)nc(=O)n2-c1c(C)ccnc1C(C)C. The summed E-state index contributed by atoms with van der Waals surface area (Å²) in [5.74, 6) is -1.79. The van der Waals surface area contributed by atoms with Gasteiger partial charge in [0, 0.05) is 37.4 Å². The van der Waals surface area contributed by atoms with Crippen LogP contribution in [-0.2, 0) is 4.79 Å². The third-order valence-electron chi connectivity index (χ3n) is 7.55. The summed E-state index contributed by atoms with van der Waals surface area (Å²) in [6.45, 7) is 11.5. The number of pyridine rings is 2. The number of aryl methyl sites for hydroxylation is 1. The molecule has 0 N–H and O–H groups in total. The van der Waals surface area contributed by atoms with Crippen molar-refractivity contribution in [2.45, 2.75) is 39.7 Å². The zero-order valence-corrected chi connectivity index (χ0v) is 23.9. The number of hydrogen-bond acceptors (Lipinski definition) is 6. The molecule has 1 aromatic carbocycles. The quantitative estimate of drug-likeness (QED) is 0.287. The average Bonchev–Trinajstić information content (AvgIpc) is 2.97. The third kappa shape index (κ3) is 4.87. The molecule has 10 heteroatoms. The van der Waals surface area contributed by atoms with Gasteiger partial charge in [0.1, 0.15) is 17.3 Å². The molecule has 1 atom stereocenters. The van der Waals surface area contributed by atoms with E-state index in [0.717, 1.165) is 12.1 Å². The number of rotatable bonds is 6. The molecule has 4 heterocycles. The van der Waals surface area contributed by atoms with Gasteiger partial charge in [0.15, 0.2) is 11.5 Å². The summed E-state index contributed by atoms with van der Waals surface area (Å²) in [7, 11) is 0. The number of carbonyl (C=O) groups excluding carboxylic acids is 1. The number of benzene rings is 1. The fraction of sp³-hybridized carbons (Fsp3) is 0.281. The van der Waals surface area contributed by atoms with Gasteiger partial charge in [-0.05, 0) is 55.2 Å². The van der Waals surface area contributed by atoms with E-state index in [4.69, 9.17) is 2.74 Å². The van der Waals surface area contributed by atoms with Crippen molar-refractivity contribution in [1.82, 2.24) is 24.4 Å². The Kier molecular flexibility index (Phi) is 7.03. The summed E-state index contributed by atoms with van der Waals surface area (Å²) < 4.78 is 48.0. The van der Waals surface area contributed by atoms with E-state index in [2.05, 4.69) is 21.5 Å². The van der Waals surface area contributed by atoms with E-state index in [9.17, 15) is 9.59 Å². The van der Waals surface area contributed by atoms with Gasteiger partial charge in [0.05, 0.1) is 19.5 Å². The zero-order chi connectivity index (χ0) is 31.9. The maximum atomic E-state index is 16.1. The van der Waals surface area contributed by atoms with Crippen molar-refractivity contribution in [3.8, 4) is 16.9 Å². The predicted octanol–water partition coefficient (Wildman–Crippen LogP) is 5.42. The largest absolute Gasteiger partial charge is 0.355 e. The standard InChI is InChI=1S/C32H32F2N6O2/c1-7-21-10-9-11-23(33)26(21)28-24(34)16-22-30(39-15-14-38(17-20(39)6)25(41)8-2)37-32(42)40(31(22)36-28)29-19(5)12-13-35-27(29)18(3)4/h7-13,16,18,20H,1-2,14-15,17H2,3-6H3/t20-/m0/s1/i1D2. The number of carbonyl (C=O) groups is 1. The molecule has 42 heavy (non-hydrogen) atoms. The van der Waals surface area contributed by atoms with Gasteiger partial charge in [-0.1, -0.05) is 45.2 Å². The van der Waals surface area contributed by atoms with Crippen molar-refractivity contribution in [2.24, 2.45) is 0 Å². The highest BCUT2D eigenvalue weighted by Crippen LogP contribution is 2.35. The summed E-state index contributed by atoms with van der Waals surface area (Å²) in [4.78, 5) is 43.4. The smallest absolute Gasteiger partial charge is 0.350 e. The van der Waals surface area contributed by atoms with Crippen molar-refractivity contribution in [3.63, 3.8) is 0 Å². The van der Waals surface area contributed by atoms with E-state index < -0.39 is 23.9 Å². The van der Waals surface area contributed by atoms with Crippen molar-refractivity contribution in [3.05, 3.63) is 94.7 Å². The Labute approximate surface area is 245 Å². The van der Waals surface area contributed by atoms with Crippen LogP contribution in [0.5, 0.6) is 0 Å². The number of halogens is 2. The number of hydrogen-bond donors (Lipinski definition) is 0. The molecule has 1 fully saturated rings. The summed E-state index contributed by atoms with van der Waals surface area (Å²) in [6.07, 6.45) is 3.99. The highest BCUT2D eigenvalue weighted by molar-refractivity contribution is 5.92. The van der Waals surface area contributed by atoms with Gasteiger partial charge in [-0.15, -0.1) is 0 Å². The Balaban J connectivity index is 1.86. The third-order valence-corrected chi connectivity index (χ3v) is 7.55. The van der Waals surface area contributed by atoms with Crippen LogP contribution >= 0.6 is 0 Å². The number of fused-ring (bicyclic) bond motifs is 1. The molecule has 0 saturated carbocycles. The first-order valence-corrected chi connectivity index (χ1v) is 13.6. The van der Waals surface area contributed by atoms with Gasteiger partial charge in [0.2, 0.25) is 5.91 Å². The van der Waals surface area contributed by atoms with Crippen LogP contribution in [0.4, 0.5) is 14.6 Å². The highest BCUT2D eigenvalue weighted by atomic mass is 19.1. The van der Waals surface area contributed by atoms with Gasteiger partial charge in [0.25, 0.3) is 0 Å². The summed E-state index contributed by atoms with van der Waals surface area (Å²) >= 11 is 0. The summed E-state index contributed by atoms with van der Waals surface area (Å²) in [5.41, 5.74) is 0.598. The zero-order valence-electron chi connectivity index (χ0n) is 25.9. The molecule has 0 aliphatic carbocycles. The molecule has 1 amide bonds. The Hall–Kier alpha value is -4.73. The maximum absolute atomic E-state index is 16.1. The Morgan fingerprint density at radius 3 is 2.67 bits per heavy atom. The monoisotopic (exact) mass is 572 g/mol. The fourth-order valence-electron chi connectivity index (χ4n) is 5.50. The molecular formula is C32H32F2N6O2. The molecule has 0 radical (unpaired) electrons. The molecular weight excluding hydrogens is 538 g/mol. The fourth-order valence-corrected chi connectivity index (χ4v) is 5.50. The summed E-state index contributed by atoms with van der Waals surface area (Å²) in [6, 6.07) is 6.66. The average molecular weight is 573 g/mol. The lowest BCUT2D eigenvalue weighted by Gasteiger charge is -2.40. The van der Waals surface area contributed by atoms with Gasteiger partial charge in [-0.3, -0.25) is 9.78 Å². The first kappa shape index (κ1) is 26.2. The molecule has 1 aliphatic heterocycles. The number of nitrogens with zero attached hydrogens (tertiary/aromatic N) is 6. The van der Waals surface area contributed by atoms with E-state index in [1.807, 2.05) is 32.6 Å². The van der Waals surface area contributed by atoms with Crippen molar-refractivity contribution < 1.29 is 16.3 Å². The molecule has 1 saturated heterocycles. The van der Waals surface area contributed by atoms with Crippen molar-refractivity contribution in [2.75, 3.05) is 24.5 Å². The van der Waals surface area contributed by atoms with Crippen LogP contribution in [0.25, 0.3) is 34.1 Å². The van der Waals surface area contributed by atoms with Crippen LogP contribution < -0.4 is 10.6 Å². The minimum atomic E-state index is -0.873. The lowest BCUT2D eigenvalue weighted by Crippen LogP contribution is -2.54. The second-order valence-electron chi connectivity index (χ2n) is 10.6. The molecule has 4 aromatic rings. The normalized spacial score (nSPS) is 15.9. The molecule has 0 spiro atoms. The summed E-state index contributed by atoms with van der Waals surface area (Å²) in [5, 5.41) is 0.217. The van der Waals surface area contributed by atoms with Crippen LogP contribution in [-0.4, -0.2) is 56.0 Å². The maximum Gasteiger partial charge on any atom is 0.355 e. The molecule has 0 unspecified atom stereocenters. The van der Waals surface area contributed by atoms with Crippen molar-refractivity contribution >= 4 is 28.8 Å². The molecule has 0 bridgehead atoms. The molecule has 3 aromatic heterocycles. The Morgan fingerprint density at radius 2 is 1.98 bits per heavy atom. The molecule has 5 rings (SSSR count). The van der Waals surface area contributed by atoms with E-state index >= 15 is 8.78 Å². The van der Waals surface area contributed by atoms with E-state index in [1.165, 1.54) is 28.8 Å². The lowest BCUT2D eigenvalue weighted by molar-refractivity contribution is -0.126. The van der Waals surface area contributed by atoms with Gasteiger partial charge in [-0.2, -0.15) is 4.98 Å². The topological polar surface area (TPSA) is 84.2 Å². The van der Waals surface area contributed by atoms with E-state index in [0.29, 0.717) is 36.6 Å². The number of aromatic nitrogens is 4. The van der Waals surface area contributed by atoms with E-state index in [-0.39, 0.29) is 51.5 Å². The molecule has 216 valence electrons. The van der Waals surface area contributed by atoms with Crippen LogP contribution in [0.3, 0.4) is 0 Å². The molecule has 8 nitrogen and oxygen atoms in total. The van der Waals surface area contributed by atoms with E-state index in [1.54, 1.807) is 17.2 Å². The first-order valence-electron chi connectivity index (χ1n) is 14.6. The predicted molar refractivity (Wildman–Crippen MR) is 161 cm³/mol. The van der Waals surface area contributed by atoms with Crippen LogP contribution in [0.15, 0.2) is 60.5 Å². The van der Waals surface area contributed by atoms with Crippen LogP contribution in [0.1, 0.15) is 46.3 Å². The minimum absolute atomic E-state index is 0.0429. The first-order chi connectivity index (χ1) is 20.9. The van der Waals surface area contributed by atoms with Crippen LogP contribution in [0, 0.1) is 18.6 Å². The second-order valence-corrected chi connectivity index (χ2v) is 10.6. The van der Waals surface area contributed by atoms with Gasteiger partial charge < -0.3 is 9.80 Å². The van der Waals surface area contributed by atoms with Gasteiger partial charge in [-0.25, -0.2) is 23.1 Å².